The second kappa shape index (κ2) is 6.56. The number of aromatic hydroxyl groups is 1. The van der Waals surface area contributed by atoms with E-state index in [4.69, 9.17) is 4.74 Å². The smallest absolute Gasteiger partial charge is 0.233 e. The van der Waals surface area contributed by atoms with Crippen LogP contribution in [0.25, 0.3) is 22.4 Å². The van der Waals surface area contributed by atoms with Crippen LogP contribution in [0.5, 0.6) is 11.6 Å². The number of hydrogen-bond acceptors (Lipinski definition) is 6. The Morgan fingerprint density at radius 1 is 1.03 bits per heavy atom. The zero-order valence-electron chi connectivity index (χ0n) is 16.6. The van der Waals surface area contributed by atoms with Crippen LogP contribution in [0.2, 0.25) is 0 Å². The molecule has 2 bridgehead atoms. The molecule has 5 rings (SSSR count). The van der Waals surface area contributed by atoms with Gasteiger partial charge in [-0.15, -0.1) is 10.2 Å². The SMILES string of the molecule is C[C@]12CC[C@](C)(C[C@@H](Oc3ccc(-c4ccc(-c5cn[nH]c5)cc4O)nn3)C1)N2. The molecule has 3 N–H and O–H groups in total. The fourth-order valence-electron chi connectivity index (χ4n) is 4.91. The number of rotatable bonds is 4. The number of phenolic OH excluding ortho intramolecular Hbond substituents is 1. The van der Waals surface area contributed by atoms with Crippen molar-refractivity contribution in [3.05, 3.63) is 42.7 Å². The number of hydrogen-bond donors (Lipinski definition) is 3. The predicted molar refractivity (Wildman–Crippen MR) is 110 cm³/mol. The first-order valence-electron chi connectivity index (χ1n) is 10.0. The Hall–Kier alpha value is -2.93. The van der Waals surface area contributed by atoms with Crippen molar-refractivity contribution in [3.63, 3.8) is 0 Å². The Balaban J connectivity index is 1.32. The summed E-state index contributed by atoms with van der Waals surface area (Å²) in [6.45, 7) is 4.55. The van der Waals surface area contributed by atoms with Crippen molar-refractivity contribution in [3.8, 4) is 34.0 Å². The lowest BCUT2D eigenvalue weighted by Gasteiger charge is -2.41. The summed E-state index contributed by atoms with van der Waals surface area (Å²) in [4.78, 5) is 0. The fourth-order valence-corrected chi connectivity index (χ4v) is 4.91. The second-order valence-corrected chi connectivity index (χ2v) is 8.87. The molecule has 0 radical (unpaired) electrons. The number of nitrogens with one attached hydrogen (secondary N) is 2. The van der Waals surface area contributed by atoms with Gasteiger partial charge in [-0.25, -0.2) is 0 Å². The van der Waals surface area contributed by atoms with Crippen LogP contribution >= 0.6 is 0 Å². The van der Waals surface area contributed by atoms with Gasteiger partial charge in [-0.2, -0.15) is 5.10 Å². The Morgan fingerprint density at radius 3 is 2.45 bits per heavy atom. The molecule has 2 aliphatic rings. The van der Waals surface area contributed by atoms with Crippen LogP contribution in [-0.4, -0.2) is 42.7 Å². The molecule has 29 heavy (non-hydrogen) atoms. The summed E-state index contributed by atoms with van der Waals surface area (Å²) >= 11 is 0. The van der Waals surface area contributed by atoms with Crippen molar-refractivity contribution in [1.82, 2.24) is 25.7 Å². The van der Waals surface area contributed by atoms with Crippen molar-refractivity contribution >= 4 is 0 Å². The van der Waals surface area contributed by atoms with Crippen molar-refractivity contribution < 1.29 is 9.84 Å². The van der Waals surface area contributed by atoms with Gasteiger partial charge in [0.25, 0.3) is 0 Å². The van der Waals surface area contributed by atoms with Gasteiger partial charge in [-0.3, -0.25) is 5.10 Å². The number of aromatic nitrogens is 4. The quantitative estimate of drug-likeness (QED) is 0.628. The first-order chi connectivity index (χ1) is 13.9. The highest BCUT2D eigenvalue weighted by atomic mass is 16.5. The number of piperidine rings is 1. The molecule has 7 nitrogen and oxygen atoms in total. The minimum Gasteiger partial charge on any atom is -0.507 e. The van der Waals surface area contributed by atoms with E-state index in [-0.39, 0.29) is 22.9 Å². The first-order valence-corrected chi connectivity index (χ1v) is 10.0. The molecule has 3 atom stereocenters. The largest absolute Gasteiger partial charge is 0.507 e. The lowest BCUT2D eigenvalue weighted by Crippen LogP contribution is -2.56. The number of nitrogens with zero attached hydrogens (tertiary/aromatic N) is 3. The third-order valence-electron chi connectivity index (χ3n) is 6.22. The molecule has 0 saturated carbocycles. The minimum atomic E-state index is 0.136. The van der Waals surface area contributed by atoms with E-state index in [1.807, 2.05) is 24.3 Å². The maximum Gasteiger partial charge on any atom is 0.233 e. The third kappa shape index (κ3) is 3.46. The number of benzene rings is 1. The van der Waals surface area contributed by atoms with Crippen LogP contribution in [0.3, 0.4) is 0 Å². The Labute approximate surface area is 169 Å². The summed E-state index contributed by atoms with van der Waals surface area (Å²) in [7, 11) is 0. The van der Waals surface area contributed by atoms with E-state index in [1.54, 1.807) is 18.5 Å². The molecule has 0 unspecified atom stereocenters. The molecule has 2 saturated heterocycles. The van der Waals surface area contributed by atoms with E-state index in [9.17, 15) is 5.11 Å². The summed E-state index contributed by atoms with van der Waals surface area (Å²) in [5, 5.41) is 29.5. The van der Waals surface area contributed by atoms with Crippen LogP contribution in [0, 0.1) is 0 Å². The highest BCUT2D eigenvalue weighted by molar-refractivity contribution is 5.73. The van der Waals surface area contributed by atoms with Gasteiger partial charge in [0.05, 0.1) is 11.9 Å². The molecule has 0 aliphatic carbocycles. The molecule has 7 heteroatoms. The van der Waals surface area contributed by atoms with Crippen molar-refractivity contribution in [2.24, 2.45) is 0 Å². The zero-order chi connectivity index (χ0) is 20.1. The minimum absolute atomic E-state index is 0.136. The lowest BCUT2D eigenvalue weighted by molar-refractivity contribution is 0.0754. The first kappa shape index (κ1) is 18.1. The Morgan fingerprint density at radius 2 is 1.83 bits per heavy atom. The number of phenols is 1. The molecule has 0 amide bonds. The maximum atomic E-state index is 10.5. The van der Waals surface area contributed by atoms with Gasteiger partial charge in [-0.05, 0) is 50.5 Å². The van der Waals surface area contributed by atoms with Crippen molar-refractivity contribution in [2.45, 2.75) is 56.7 Å². The molecular weight excluding hydrogens is 366 g/mol. The molecule has 1 aromatic carbocycles. The number of ether oxygens (including phenoxy) is 1. The summed E-state index contributed by atoms with van der Waals surface area (Å²) < 4.78 is 6.17. The molecular formula is C22H25N5O2. The van der Waals surface area contributed by atoms with Gasteiger partial charge >= 0.3 is 0 Å². The summed E-state index contributed by atoms with van der Waals surface area (Å²) in [6.07, 6.45) is 7.95. The van der Waals surface area contributed by atoms with E-state index in [0.29, 0.717) is 17.1 Å². The average Bonchev–Trinajstić information content (AvgIpc) is 3.28. The predicted octanol–water partition coefficient (Wildman–Crippen LogP) is 3.68. The molecule has 150 valence electrons. The highest BCUT2D eigenvalue weighted by Gasteiger charge is 2.49. The molecule has 3 aromatic rings. The number of H-pyrrole nitrogens is 1. The third-order valence-corrected chi connectivity index (χ3v) is 6.22. The van der Waals surface area contributed by atoms with Crippen LogP contribution in [0.15, 0.2) is 42.7 Å². The van der Waals surface area contributed by atoms with Crippen molar-refractivity contribution in [2.75, 3.05) is 0 Å². The van der Waals surface area contributed by atoms with Crippen LogP contribution in [0.1, 0.15) is 39.5 Å². The molecule has 2 aromatic heterocycles. The number of fused-ring (bicyclic) bond motifs is 2. The van der Waals surface area contributed by atoms with Crippen LogP contribution < -0.4 is 10.1 Å². The maximum absolute atomic E-state index is 10.5. The van der Waals surface area contributed by atoms with Crippen LogP contribution in [-0.2, 0) is 0 Å². The zero-order valence-corrected chi connectivity index (χ0v) is 16.6. The average molecular weight is 391 g/mol. The Kier molecular flexibility index (Phi) is 4.10. The molecule has 0 spiro atoms. The van der Waals surface area contributed by atoms with E-state index in [0.717, 1.165) is 24.0 Å². The van der Waals surface area contributed by atoms with Gasteiger partial charge < -0.3 is 15.2 Å². The second-order valence-electron chi connectivity index (χ2n) is 8.87. The van der Waals surface area contributed by atoms with Gasteiger partial charge in [0, 0.05) is 47.3 Å². The van der Waals surface area contributed by atoms with E-state index in [2.05, 4.69) is 39.6 Å². The summed E-state index contributed by atoms with van der Waals surface area (Å²) in [5.74, 6) is 0.684. The molecule has 2 fully saturated rings. The lowest BCUT2D eigenvalue weighted by atomic mass is 9.86. The van der Waals surface area contributed by atoms with Gasteiger partial charge in [-0.1, -0.05) is 6.07 Å². The highest BCUT2D eigenvalue weighted by Crippen LogP contribution is 2.43. The monoisotopic (exact) mass is 391 g/mol. The summed E-state index contributed by atoms with van der Waals surface area (Å²) in [5.41, 5.74) is 3.34. The fraction of sp³-hybridized carbons (Fsp3) is 0.409. The van der Waals surface area contributed by atoms with Gasteiger partial charge in [0.15, 0.2) is 0 Å². The molecule has 2 aliphatic heterocycles. The van der Waals surface area contributed by atoms with Crippen molar-refractivity contribution in [1.29, 1.82) is 0 Å². The van der Waals surface area contributed by atoms with Gasteiger partial charge in [0.1, 0.15) is 11.9 Å². The van der Waals surface area contributed by atoms with Gasteiger partial charge in [0.2, 0.25) is 5.88 Å². The standard InChI is InChI=1S/C22H25N5O2/c1-21-7-8-22(2,27-21)11-16(10-21)29-20-6-5-18(25-26-20)17-4-3-14(9-19(17)28)15-12-23-24-13-15/h3-6,9,12-13,16,27-28H,7-8,10-11H2,1-2H3,(H,23,24)/t16-,21-,22+. The van der Waals surface area contributed by atoms with E-state index >= 15 is 0 Å². The topological polar surface area (TPSA) is 96.0 Å². The Bertz CT molecular complexity index is 1000. The van der Waals surface area contributed by atoms with E-state index < -0.39 is 0 Å². The van der Waals surface area contributed by atoms with Crippen LogP contribution in [0.4, 0.5) is 0 Å². The normalized spacial score (nSPS) is 28.4. The number of aromatic amines is 1. The van der Waals surface area contributed by atoms with E-state index in [1.165, 1.54) is 12.8 Å². The molecule has 4 heterocycles. The summed E-state index contributed by atoms with van der Waals surface area (Å²) in [6, 6.07) is 9.15.